The summed E-state index contributed by atoms with van der Waals surface area (Å²) in [7, 11) is 0. The summed E-state index contributed by atoms with van der Waals surface area (Å²) in [5, 5.41) is 16.7. The van der Waals surface area contributed by atoms with Gasteiger partial charge in [-0.15, -0.1) is 0 Å². The molecule has 0 fully saturated rings. The van der Waals surface area contributed by atoms with Crippen molar-refractivity contribution in [1.29, 1.82) is 5.26 Å². The number of nitriles is 1. The zero-order valence-corrected chi connectivity index (χ0v) is 13.2. The fourth-order valence-electron chi connectivity index (χ4n) is 1.84. The molecule has 0 saturated carbocycles. The highest BCUT2D eigenvalue weighted by Crippen LogP contribution is 2.20. The fraction of sp³-hybridized carbons (Fsp3) is 0.231. The number of esters is 1. The van der Waals surface area contributed by atoms with Crippen LogP contribution in [0.2, 0.25) is 0 Å². The molecule has 0 aliphatic heterocycles. The van der Waals surface area contributed by atoms with Crippen molar-refractivity contribution in [1.82, 2.24) is 24.7 Å². The van der Waals surface area contributed by atoms with Gasteiger partial charge in [0.25, 0.3) is 0 Å². The van der Waals surface area contributed by atoms with Crippen molar-refractivity contribution in [3.05, 3.63) is 39.8 Å². The molecule has 3 aromatic heterocycles. The van der Waals surface area contributed by atoms with Crippen LogP contribution in [0.4, 0.5) is 0 Å². The molecule has 10 nitrogen and oxygen atoms in total. The van der Waals surface area contributed by atoms with Gasteiger partial charge >= 0.3 is 11.7 Å². The van der Waals surface area contributed by atoms with Gasteiger partial charge in [-0.3, -0.25) is 4.98 Å². The summed E-state index contributed by atoms with van der Waals surface area (Å²) in [6, 6.07) is 3.38. The SMILES string of the molecule is CCOC(=O)c1cc(CSc2nc3c(C#N)cnn3c(=O)[nH]2)on1. The summed E-state index contributed by atoms with van der Waals surface area (Å²) in [6.45, 7) is 1.94. The van der Waals surface area contributed by atoms with Crippen LogP contribution in [-0.4, -0.2) is 37.3 Å². The number of hydrogen-bond acceptors (Lipinski definition) is 9. The van der Waals surface area contributed by atoms with E-state index in [1.165, 1.54) is 12.3 Å². The highest BCUT2D eigenvalue weighted by molar-refractivity contribution is 7.98. The largest absolute Gasteiger partial charge is 0.461 e. The minimum Gasteiger partial charge on any atom is -0.461 e. The molecule has 24 heavy (non-hydrogen) atoms. The van der Waals surface area contributed by atoms with E-state index in [0.29, 0.717) is 10.9 Å². The monoisotopic (exact) mass is 346 g/mol. The lowest BCUT2D eigenvalue weighted by Crippen LogP contribution is -2.19. The molecule has 0 unspecified atom stereocenters. The van der Waals surface area contributed by atoms with Crippen LogP contribution in [0.5, 0.6) is 0 Å². The van der Waals surface area contributed by atoms with Crippen molar-refractivity contribution in [3.63, 3.8) is 0 Å². The zero-order chi connectivity index (χ0) is 17.1. The van der Waals surface area contributed by atoms with Gasteiger partial charge in [0.2, 0.25) is 0 Å². The number of aromatic nitrogens is 5. The van der Waals surface area contributed by atoms with Crippen molar-refractivity contribution in [2.45, 2.75) is 17.8 Å². The van der Waals surface area contributed by atoms with E-state index >= 15 is 0 Å². The summed E-state index contributed by atoms with van der Waals surface area (Å²) < 4.78 is 10.9. The first kappa shape index (κ1) is 15.8. The Hall–Kier alpha value is -3.13. The van der Waals surface area contributed by atoms with E-state index in [9.17, 15) is 9.59 Å². The smallest absolute Gasteiger partial charge is 0.360 e. The van der Waals surface area contributed by atoms with Crippen LogP contribution < -0.4 is 5.69 Å². The third-order valence-electron chi connectivity index (χ3n) is 2.87. The van der Waals surface area contributed by atoms with E-state index in [0.717, 1.165) is 16.3 Å². The van der Waals surface area contributed by atoms with Crippen molar-refractivity contribution in [2.24, 2.45) is 0 Å². The van der Waals surface area contributed by atoms with Crippen LogP contribution in [0.25, 0.3) is 5.65 Å². The van der Waals surface area contributed by atoms with Gasteiger partial charge in [-0.2, -0.15) is 14.9 Å². The van der Waals surface area contributed by atoms with Gasteiger partial charge in [0.05, 0.1) is 18.6 Å². The lowest BCUT2D eigenvalue weighted by Gasteiger charge is -1.99. The number of H-pyrrole nitrogens is 1. The molecule has 11 heteroatoms. The minimum absolute atomic E-state index is 0.0758. The Kier molecular flexibility index (Phi) is 4.30. The number of nitrogens with one attached hydrogen (secondary N) is 1. The summed E-state index contributed by atoms with van der Waals surface area (Å²) in [5.41, 5.74) is -0.0542. The molecule has 3 rings (SSSR count). The van der Waals surface area contributed by atoms with Crippen molar-refractivity contribution >= 4 is 23.4 Å². The maximum absolute atomic E-state index is 11.9. The predicted molar refractivity (Wildman–Crippen MR) is 80.3 cm³/mol. The van der Waals surface area contributed by atoms with E-state index in [4.69, 9.17) is 14.5 Å². The van der Waals surface area contributed by atoms with Gasteiger partial charge in [-0.05, 0) is 6.92 Å². The minimum atomic E-state index is -0.566. The van der Waals surface area contributed by atoms with Gasteiger partial charge in [0.15, 0.2) is 16.5 Å². The maximum atomic E-state index is 11.9. The van der Waals surface area contributed by atoms with E-state index < -0.39 is 11.7 Å². The van der Waals surface area contributed by atoms with E-state index in [1.54, 1.807) is 6.92 Å². The van der Waals surface area contributed by atoms with Crippen molar-refractivity contribution in [2.75, 3.05) is 6.61 Å². The van der Waals surface area contributed by atoms with E-state index in [2.05, 4.69) is 20.2 Å². The predicted octanol–water partition coefficient (Wildman–Crippen LogP) is 0.746. The summed E-state index contributed by atoms with van der Waals surface area (Å²) in [4.78, 5) is 30.1. The van der Waals surface area contributed by atoms with Gasteiger partial charge in [0.1, 0.15) is 17.4 Å². The van der Waals surface area contributed by atoms with Crippen LogP contribution in [0.3, 0.4) is 0 Å². The number of nitrogens with zero attached hydrogens (tertiary/aromatic N) is 5. The molecule has 0 aliphatic carbocycles. The molecule has 0 spiro atoms. The number of ether oxygens (including phenoxy) is 1. The Balaban J connectivity index is 1.78. The van der Waals surface area contributed by atoms with Crippen LogP contribution in [0, 0.1) is 11.3 Å². The molecule has 0 aliphatic rings. The van der Waals surface area contributed by atoms with Crippen LogP contribution in [0.15, 0.2) is 26.7 Å². The second-order valence-electron chi connectivity index (χ2n) is 4.44. The molecular weight excluding hydrogens is 336 g/mol. The average Bonchev–Trinajstić information content (AvgIpc) is 3.20. The topological polar surface area (TPSA) is 139 Å². The van der Waals surface area contributed by atoms with Gasteiger partial charge in [0, 0.05) is 6.07 Å². The molecule has 0 aromatic carbocycles. The molecule has 0 bridgehead atoms. The summed E-state index contributed by atoms with van der Waals surface area (Å²) >= 11 is 1.16. The molecule has 0 amide bonds. The number of fused-ring (bicyclic) bond motifs is 1. The fourth-order valence-corrected chi connectivity index (χ4v) is 2.56. The molecular formula is C13H10N6O4S. The van der Waals surface area contributed by atoms with Crippen LogP contribution in [-0.2, 0) is 10.5 Å². The lowest BCUT2D eigenvalue weighted by atomic mass is 10.4. The third kappa shape index (κ3) is 2.99. The molecule has 3 aromatic rings. The van der Waals surface area contributed by atoms with E-state index in [-0.39, 0.29) is 29.3 Å². The molecule has 3 heterocycles. The number of rotatable bonds is 5. The van der Waals surface area contributed by atoms with Crippen molar-refractivity contribution < 1.29 is 14.1 Å². The first-order valence-electron chi connectivity index (χ1n) is 6.76. The molecule has 1 N–H and O–H groups in total. The molecule has 0 saturated heterocycles. The highest BCUT2D eigenvalue weighted by atomic mass is 32.2. The second-order valence-corrected chi connectivity index (χ2v) is 5.40. The van der Waals surface area contributed by atoms with Gasteiger partial charge < -0.3 is 9.26 Å². The normalized spacial score (nSPS) is 10.7. The molecule has 0 atom stereocenters. The third-order valence-corrected chi connectivity index (χ3v) is 3.77. The molecule has 122 valence electrons. The lowest BCUT2D eigenvalue weighted by molar-refractivity contribution is 0.0514. The summed E-state index contributed by atoms with van der Waals surface area (Å²) in [6.07, 6.45) is 1.27. The second kappa shape index (κ2) is 6.55. The van der Waals surface area contributed by atoms with Crippen molar-refractivity contribution in [3.8, 4) is 6.07 Å². The van der Waals surface area contributed by atoms with E-state index in [1.807, 2.05) is 6.07 Å². The Labute approximate surface area is 138 Å². The zero-order valence-electron chi connectivity index (χ0n) is 12.3. The van der Waals surface area contributed by atoms with Gasteiger partial charge in [-0.25, -0.2) is 14.6 Å². The van der Waals surface area contributed by atoms with Gasteiger partial charge in [-0.1, -0.05) is 16.9 Å². The Morgan fingerprint density at radius 3 is 3.17 bits per heavy atom. The average molecular weight is 346 g/mol. The highest BCUT2D eigenvalue weighted by Gasteiger charge is 2.15. The Morgan fingerprint density at radius 1 is 1.58 bits per heavy atom. The quantitative estimate of drug-likeness (QED) is 0.523. The Morgan fingerprint density at radius 2 is 2.42 bits per heavy atom. The number of aromatic amines is 1. The number of carbonyl (C=O) groups is 1. The number of hydrogen-bond donors (Lipinski definition) is 1. The van der Waals surface area contributed by atoms with Crippen LogP contribution in [0.1, 0.15) is 28.7 Å². The Bertz CT molecular complexity index is 998. The maximum Gasteiger partial charge on any atom is 0.360 e. The number of carbonyl (C=O) groups excluding carboxylic acids is 1. The first-order chi connectivity index (χ1) is 11.6. The first-order valence-corrected chi connectivity index (χ1v) is 7.74. The standard InChI is InChI=1S/C13H10N6O4S/c1-2-22-11(20)9-3-8(23-18-9)6-24-12-16-10-7(4-14)5-15-19(10)13(21)17-12/h3,5H,2,6H2,1H3,(H,16,17,21). The van der Waals surface area contributed by atoms with Crippen LogP contribution >= 0.6 is 11.8 Å². The number of thioether (sulfide) groups is 1. The molecule has 0 radical (unpaired) electrons. The summed E-state index contributed by atoms with van der Waals surface area (Å²) in [5.74, 6) is 0.129.